The molecule has 0 fully saturated rings. The first-order chi connectivity index (χ1) is 11.5. The summed E-state index contributed by atoms with van der Waals surface area (Å²) in [6.45, 7) is 3.91. The summed E-state index contributed by atoms with van der Waals surface area (Å²) in [5, 5.41) is 5.86. The number of hydrogen-bond donors (Lipinski definition) is 2. The van der Waals surface area contributed by atoms with Crippen molar-refractivity contribution in [1.82, 2.24) is 15.3 Å². The Labute approximate surface area is 140 Å². The lowest BCUT2D eigenvalue weighted by atomic mass is 10.2. The standard InChI is InChI=1S/C17H20N4O3/c1-4-11(2)20-16(22)14-9-15(19-10-18-14)21-13-8-6-5-7-12(13)17(23)24-3/h5-11H,4H2,1-3H3,(H,20,22)(H,18,19,21). The van der Waals surface area contributed by atoms with Crippen LogP contribution in [0.5, 0.6) is 0 Å². The fourth-order valence-corrected chi connectivity index (χ4v) is 1.97. The van der Waals surface area contributed by atoms with Crippen LogP contribution in [0.3, 0.4) is 0 Å². The maximum absolute atomic E-state index is 12.1. The van der Waals surface area contributed by atoms with Gasteiger partial charge in [-0.1, -0.05) is 19.1 Å². The molecule has 1 heterocycles. The van der Waals surface area contributed by atoms with Crippen LogP contribution in [0.2, 0.25) is 0 Å². The molecule has 1 atom stereocenters. The van der Waals surface area contributed by atoms with Crippen molar-refractivity contribution in [2.75, 3.05) is 12.4 Å². The van der Waals surface area contributed by atoms with Crippen LogP contribution >= 0.6 is 0 Å². The maximum Gasteiger partial charge on any atom is 0.339 e. The lowest BCUT2D eigenvalue weighted by Crippen LogP contribution is -2.32. The van der Waals surface area contributed by atoms with E-state index < -0.39 is 5.97 Å². The van der Waals surface area contributed by atoms with Crippen LogP contribution in [0.4, 0.5) is 11.5 Å². The summed E-state index contributed by atoms with van der Waals surface area (Å²) >= 11 is 0. The number of nitrogens with one attached hydrogen (secondary N) is 2. The Morgan fingerprint density at radius 2 is 2.00 bits per heavy atom. The van der Waals surface area contributed by atoms with Gasteiger partial charge in [0.15, 0.2) is 0 Å². The Hall–Kier alpha value is -2.96. The van der Waals surface area contributed by atoms with Gasteiger partial charge in [0.05, 0.1) is 18.4 Å². The fourth-order valence-electron chi connectivity index (χ4n) is 1.97. The molecule has 1 aromatic carbocycles. The molecule has 1 amide bonds. The number of hydrogen-bond acceptors (Lipinski definition) is 6. The molecule has 7 heteroatoms. The minimum absolute atomic E-state index is 0.0592. The van der Waals surface area contributed by atoms with Crippen molar-refractivity contribution in [3.63, 3.8) is 0 Å². The zero-order valence-corrected chi connectivity index (χ0v) is 13.9. The number of benzene rings is 1. The number of amides is 1. The minimum atomic E-state index is -0.457. The van der Waals surface area contributed by atoms with Crippen LogP contribution in [0.25, 0.3) is 0 Å². The smallest absolute Gasteiger partial charge is 0.339 e. The molecule has 2 N–H and O–H groups in total. The molecule has 0 aliphatic carbocycles. The van der Waals surface area contributed by atoms with E-state index in [1.165, 1.54) is 19.5 Å². The molecule has 0 saturated carbocycles. The third kappa shape index (κ3) is 4.28. The lowest BCUT2D eigenvalue weighted by molar-refractivity contribution is 0.0601. The molecule has 0 aliphatic rings. The first-order valence-corrected chi connectivity index (χ1v) is 7.62. The molecule has 1 aromatic heterocycles. The number of para-hydroxylation sites is 1. The zero-order valence-electron chi connectivity index (χ0n) is 13.9. The molecule has 24 heavy (non-hydrogen) atoms. The third-order valence-electron chi connectivity index (χ3n) is 3.48. The van der Waals surface area contributed by atoms with E-state index in [1.807, 2.05) is 13.8 Å². The van der Waals surface area contributed by atoms with Crippen LogP contribution in [-0.2, 0) is 4.74 Å². The third-order valence-corrected chi connectivity index (χ3v) is 3.48. The van der Waals surface area contributed by atoms with E-state index in [4.69, 9.17) is 4.74 Å². The Balaban J connectivity index is 2.22. The van der Waals surface area contributed by atoms with Gasteiger partial charge in [0.2, 0.25) is 0 Å². The van der Waals surface area contributed by atoms with Gasteiger partial charge in [-0.2, -0.15) is 0 Å². The monoisotopic (exact) mass is 328 g/mol. The summed E-state index contributed by atoms with van der Waals surface area (Å²) in [6, 6.07) is 8.49. The topological polar surface area (TPSA) is 93.2 Å². The molecule has 1 unspecified atom stereocenters. The highest BCUT2D eigenvalue weighted by Crippen LogP contribution is 2.20. The second-order valence-corrected chi connectivity index (χ2v) is 5.23. The van der Waals surface area contributed by atoms with Crippen molar-refractivity contribution in [1.29, 1.82) is 0 Å². The number of carbonyl (C=O) groups excluding carboxylic acids is 2. The van der Waals surface area contributed by atoms with Crippen LogP contribution in [0, 0.1) is 0 Å². The van der Waals surface area contributed by atoms with Crippen molar-refractivity contribution in [2.45, 2.75) is 26.3 Å². The van der Waals surface area contributed by atoms with Gasteiger partial charge >= 0.3 is 5.97 Å². The summed E-state index contributed by atoms with van der Waals surface area (Å²) in [7, 11) is 1.32. The molecule has 2 aromatic rings. The summed E-state index contributed by atoms with van der Waals surface area (Å²) in [4.78, 5) is 32.0. The van der Waals surface area contributed by atoms with E-state index in [0.29, 0.717) is 17.1 Å². The van der Waals surface area contributed by atoms with Gasteiger partial charge in [0.1, 0.15) is 17.8 Å². The predicted octanol–water partition coefficient (Wildman–Crippen LogP) is 2.54. The lowest BCUT2D eigenvalue weighted by Gasteiger charge is -2.12. The first-order valence-electron chi connectivity index (χ1n) is 7.62. The molecular formula is C17H20N4O3. The van der Waals surface area contributed by atoms with Gasteiger partial charge in [0, 0.05) is 12.1 Å². The Kier molecular flexibility index (Phi) is 5.83. The number of aromatic nitrogens is 2. The fraction of sp³-hybridized carbons (Fsp3) is 0.294. The summed E-state index contributed by atoms with van der Waals surface area (Å²) in [5.41, 5.74) is 1.17. The Morgan fingerprint density at radius 3 is 2.71 bits per heavy atom. The minimum Gasteiger partial charge on any atom is -0.465 e. The predicted molar refractivity (Wildman–Crippen MR) is 90.3 cm³/mol. The summed E-state index contributed by atoms with van der Waals surface area (Å²) < 4.78 is 4.76. The molecule has 0 bridgehead atoms. The van der Waals surface area contributed by atoms with E-state index in [9.17, 15) is 9.59 Å². The Morgan fingerprint density at radius 1 is 1.25 bits per heavy atom. The average Bonchev–Trinajstić information content (AvgIpc) is 2.61. The first kappa shape index (κ1) is 17.4. The van der Waals surface area contributed by atoms with Crippen molar-refractivity contribution < 1.29 is 14.3 Å². The quantitative estimate of drug-likeness (QED) is 0.792. The summed E-state index contributed by atoms with van der Waals surface area (Å²) in [5.74, 6) is -0.311. The number of carbonyl (C=O) groups is 2. The highest BCUT2D eigenvalue weighted by Gasteiger charge is 2.14. The molecule has 0 aliphatic heterocycles. The van der Waals surface area contributed by atoms with E-state index in [-0.39, 0.29) is 17.6 Å². The molecule has 7 nitrogen and oxygen atoms in total. The maximum atomic E-state index is 12.1. The molecule has 0 spiro atoms. The number of esters is 1. The number of anilines is 2. The van der Waals surface area contributed by atoms with Crippen LogP contribution in [-0.4, -0.2) is 35.0 Å². The second-order valence-electron chi connectivity index (χ2n) is 5.23. The molecule has 2 rings (SSSR count). The van der Waals surface area contributed by atoms with Gasteiger partial charge in [-0.3, -0.25) is 4.79 Å². The van der Waals surface area contributed by atoms with Crippen molar-refractivity contribution in [2.24, 2.45) is 0 Å². The number of ether oxygens (including phenoxy) is 1. The van der Waals surface area contributed by atoms with Gasteiger partial charge in [-0.15, -0.1) is 0 Å². The highest BCUT2D eigenvalue weighted by atomic mass is 16.5. The molecule has 0 saturated heterocycles. The van der Waals surface area contributed by atoms with Crippen molar-refractivity contribution >= 4 is 23.4 Å². The number of methoxy groups -OCH3 is 1. The van der Waals surface area contributed by atoms with Crippen LogP contribution in [0.1, 0.15) is 41.1 Å². The second kappa shape index (κ2) is 8.05. The highest BCUT2D eigenvalue weighted by molar-refractivity contribution is 5.97. The van der Waals surface area contributed by atoms with Gasteiger partial charge in [-0.05, 0) is 25.5 Å². The van der Waals surface area contributed by atoms with E-state index >= 15 is 0 Å². The van der Waals surface area contributed by atoms with Crippen LogP contribution in [0.15, 0.2) is 36.7 Å². The van der Waals surface area contributed by atoms with Crippen molar-refractivity contribution in [3.8, 4) is 0 Å². The normalized spacial score (nSPS) is 11.5. The van der Waals surface area contributed by atoms with E-state index in [1.54, 1.807) is 24.3 Å². The van der Waals surface area contributed by atoms with Crippen molar-refractivity contribution in [3.05, 3.63) is 47.9 Å². The molecule has 126 valence electrons. The number of nitrogens with zero attached hydrogens (tertiary/aromatic N) is 2. The van der Waals surface area contributed by atoms with Crippen LogP contribution < -0.4 is 10.6 Å². The molecule has 0 radical (unpaired) electrons. The Bertz CT molecular complexity index is 733. The van der Waals surface area contributed by atoms with Gasteiger partial charge in [0.25, 0.3) is 5.91 Å². The summed E-state index contributed by atoms with van der Waals surface area (Å²) in [6.07, 6.45) is 2.13. The number of rotatable bonds is 6. The zero-order chi connectivity index (χ0) is 17.5. The average molecular weight is 328 g/mol. The van der Waals surface area contributed by atoms with E-state index in [2.05, 4.69) is 20.6 Å². The molecular weight excluding hydrogens is 308 g/mol. The van der Waals surface area contributed by atoms with E-state index in [0.717, 1.165) is 6.42 Å². The van der Waals surface area contributed by atoms with Gasteiger partial charge in [-0.25, -0.2) is 14.8 Å². The largest absolute Gasteiger partial charge is 0.465 e. The SMILES string of the molecule is CCC(C)NC(=O)c1cc(Nc2ccccc2C(=O)OC)ncn1. The van der Waals surface area contributed by atoms with Gasteiger partial charge < -0.3 is 15.4 Å².